The maximum absolute atomic E-state index is 13.7. The van der Waals surface area contributed by atoms with E-state index in [0.717, 1.165) is 23.1 Å². The number of nitrogens with one attached hydrogen (secondary N) is 1. The van der Waals surface area contributed by atoms with Crippen molar-refractivity contribution in [3.63, 3.8) is 0 Å². The average molecular weight is 493 g/mol. The first-order valence-electron chi connectivity index (χ1n) is 11.9. The Balaban J connectivity index is 1.98. The lowest BCUT2D eigenvalue weighted by atomic mass is 10.0. The molecule has 0 aliphatic carbocycles. The molecule has 0 heterocycles. The standard InChI is InChI=1S/C29H33ClN2O3/c1-4-21(2)31-29(34)27(18-22-10-6-5-7-11-22)32(20-24-13-9-15-26(17-24)35-3)28(33)19-23-12-8-14-25(30)16-23/h5-17,21,27H,4,18-20H2,1-3H3,(H,31,34). The van der Waals surface area contributed by atoms with E-state index in [-0.39, 0.29) is 30.8 Å². The second-order valence-corrected chi connectivity index (χ2v) is 9.14. The van der Waals surface area contributed by atoms with Crippen molar-refractivity contribution < 1.29 is 14.3 Å². The van der Waals surface area contributed by atoms with Gasteiger partial charge in [-0.25, -0.2) is 0 Å². The summed E-state index contributed by atoms with van der Waals surface area (Å²) >= 11 is 6.16. The SMILES string of the molecule is CCC(C)NC(=O)C(Cc1ccccc1)N(Cc1cccc(OC)c1)C(=O)Cc1cccc(Cl)c1. The lowest BCUT2D eigenvalue weighted by Gasteiger charge is -2.32. The topological polar surface area (TPSA) is 58.6 Å². The van der Waals surface area contributed by atoms with Gasteiger partial charge in [-0.2, -0.15) is 0 Å². The van der Waals surface area contributed by atoms with Crippen LogP contribution in [0.25, 0.3) is 0 Å². The van der Waals surface area contributed by atoms with Gasteiger partial charge in [-0.05, 0) is 54.3 Å². The minimum atomic E-state index is -0.677. The van der Waals surface area contributed by atoms with Gasteiger partial charge in [0.15, 0.2) is 0 Å². The highest BCUT2D eigenvalue weighted by atomic mass is 35.5. The largest absolute Gasteiger partial charge is 0.497 e. The van der Waals surface area contributed by atoms with E-state index in [1.165, 1.54) is 0 Å². The molecular weight excluding hydrogens is 460 g/mol. The average Bonchev–Trinajstić information content (AvgIpc) is 2.86. The van der Waals surface area contributed by atoms with E-state index < -0.39 is 6.04 Å². The summed E-state index contributed by atoms with van der Waals surface area (Å²) in [5.74, 6) is 0.397. The molecule has 2 unspecified atom stereocenters. The predicted octanol–water partition coefficient (Wildman–Crippen LogP) is 5.45. The summed E-state index contributed by atoms with van der Waals surface area (Å²) in [6.45, 7) is 4.27. The molecule has 0 bridgehead atoms. The van der Waals surface area contributed by atoms with Crippen molar-refractivity contribution in [3.05, 3.63) is 101 Å². The summed E-state index contributed by atoms with van der Waals surface area (Å²) in [5, 5.41) is 3.66. The van der Waals surface area contributed by atoms with Gasteiger partial charge in [0.2, 0.25) is 11.8 Å². The van der Waals surface area contributed by atoms with Crippen molar-refractivity contribution in [2.24, 2.45) is 0 Å². The number of methoxy groups -OCH3 is 1. The van der Waals surface area contributed by atoms with Gasteiger partial charge in [-0.15, -0.1) is 0 Å². The van der Waals surface area contributed by atoms with E-state index in [0.29, 0.717) is 17.2 Å². The summed E-state index contributed by atoms with van der Waals surface area (Å²) in [6, 6.07) is 24.0. The lowest BCUT2D eigenvalue weighted by Crippen LogP contribution is -2.52. The Labute approximate surface area is 213 Å². The van der Waals surface area contributed by atoms with Gasteiger partial charge in [0.1, 0.15) is 11.8 Å². The van der Waals surface area contributed by atoms with Crippen molar-refractivity contribution in [1.29, 1.82) is 0 Å². The lowest BCUT2D eigenvalue weighted by molar-refractivity contribution is -0.141. The molecule has 3 aromatic rings. The number of carbonyl (C=O) groups excluding carboxylic acids is 2. The molecular formula is C29H33ClN2O3. The maximum atomic E-state index is 13.7. The van der Waals surface area contributed by atoms with Crippen LogP contribution in [0.4, 0.5) is 0 Å². The third kappa shape index (κ3) is 7.86. The van der Waals surface area contributed by atoms with Gasteiger partial charge < -0.3 is 15.0 Å². The van der Waals surface area contributed by atoms with Crippen LogP contribution in [-0.4, -0.2) is 35.9 Å². The second kappa shape index (κ2) is 13.0. The van der Waals surface area contributed by atoms with Crippen LogP contribution in [0.2, 0.25) is 5.02 Å². The number of halogens is 1. The molecule has 5 nitrogen and oxygen atoms in total. The Bertz CT molecular complexity index is 1120. The zero-order valence-corrected chi connectivity index (χ0v) is 21.3. The van der Waals surface area contributed by atoms with E-state index in [9.17, 15) is 9.59 Å². The van der Waals surface area contributed by atoms with Crippen LogP contribution in [0, 0.1) is 0 Å². The number of nitrogens with zero attached hydrogens (tertiary/aromatic N) is 1. The smallest absolute Gasteiger partial charge is 0.243 e. The van der Waals surface area contributed by atoms with Crippen molar-refractivity contribution >= 4 is 23.4 Å². The molecule has 6 heteroatoms. The fourth-order valence-corrected chi connectivity index (χ4v) is 4.10. The first kappa shape index (κ1) is 26.3. The number of rotatable bonds is 11. The zero-order valence-electron chi connectivity index (χ0n) is 20.5. The normalized spacial score (nSPS) is 12.5. The fraction of sp³-hybridized carbons (Fsp3) is 0.310. The molecule has 2 atom stereocenters. The van der Waals surface area contributed by atoms with E-state index >= 15 is 0 Å². The second-order valence-electron chi connectivity index (χ2n) is 8.70. The first-order valence-corrected chi connectivity index (χ1v) is 12.3. The molecule has 0 fully saturated rings. The molecule has 0 saturated heterocycles. The van der Waals surface area contributed by atoms with Crippen LogP contribution < -0.4 is 10.1 Å². The van der Waals surface area contributed by atoms with Crippen LogP contribution in [0.3, 0.4) is 0 Å². The van der Waals surface area contributed by atoms with Crippen molar-refractivity contribution in [1.82, 2.24) is 10.2 Å². The predicted molar refractivity (Wildman–Crippen MR) is 141 cm³/mol. The molecule has 3 aromatic carbocycles. The summed E-state index contributed by atoms with van der Waals surface area (Å²) in [6.07, 6.45) is 1.36. The van der Waals surface area contributed by atoms with Crippen LogP contribution in [0.5, 0.6) is 5.75 Å². The minimum absolute atomic E-state index is 0.00229. The van der Waals surface area contributed by atoms with E-state index in [1.807, 2.05) is 80.6 Å². The molecule has 0 radical (unpaired) electrons. The van der Waals surface area contributed by atoms with Gasteiger partial charge >= 0.3 is 0 Å². The van der Waals surface area contributed by atoms with Crippen molar-refractivity contribution in [3.8, 4) is 5.75 Å². The van der Waals surface area contributed by atoms with E-state index in [2.05, 4.69) is 5.32 Å². The minimum Gasteiger partial charge on any atom is -0.497 e. The highest BCUT2D eigenvalue weighted by molar-refractivity contribution is 6.30. The molecule has 35 heavy (non-hydrogen) atoms. The Morgan fingerprint density at radius 2 is 1.63 bits per heavy atom. The number of hydrogen-bond acceptors (Lipinski definition) is 3. The number of carbonyl (C=O) groups is 2. The molecule has 3 rings (SSSR count). The Morgan fingerprint density at radius 3 is 2.31 bits per heavy atom. The van der Waals surface area contributed by atoms with Crippen LogP contribution in [0.15, 0.2) is 78.9 Å². The number of amides is 2. The van der Waals surface area contributed by atoms with Gasteiger partial charge in [-0.3, -0.25) is 9.59 Å². The molecule has 184 valence electrons. The molecule has 2 amide bonds. The molecule has 0 aromatic heterocycles. The number of hydrogen-bond donors (Lipinski definition) is 1. The Kier molecular flexibility index (Phi) is 9.74. The van der Waals surface area contributed by atoms with Crippen molar-refractivity contribution in [2.45, 2.75) is 51.7 Å². The highest BCUT2D eigenvalue weighted by Crippen LogP contribution is 2.20. The van der Waals surface area contributed by atoms with Gasteiger partial charge in [0, 0.05) is 24.0 Å². The van der Waals surface area contributed by atoms with E-state index in [1.54, 1.807) is 24.1 Å². The third-order valence-corrected chi connectivity index (χ3v) is 6.24. The number of ether oxygens (including phenoxy) is 1. The van der Waals surface area contributed by atoms with Crippen LogP contribution in [0.1, 0.15) is 37.0 Å². The van der Waals surface area contributed by atoms with Crippen molar-refractivity contribution in [2.75, 3.05) is 7.11 Å². The summed E-state index contributed by atoms with van der Waals surface area (Å²) < 4.78 is 5.38. The molecule has 0 aliphatic rings. The molecule has 0 spiro atoms. The zero-order chi connectivity index (χ0) is 25.2. The summed E-state index contributed by atoms with van der Waals surface area (Å²) in [4.78, 5) is 29.0. The molecule has 0 saturated carbocycles. The molecule has 1 N–H and O–H groups in total. The summed E-state index contributed by atoms with van der Waals surface area (Å²) in [7, 11) is 1.61. The first-order chi connectivity index (χ1) is 16.9. The van der Waals surface area contributed by atoms with Crippen LogP contribution in [-0.2, 0) is 29.0 Å². The van der Waals surface area contributed by atoms with Crippen LogP contribution >= 0.6 is 11.6 Å². The van der Waals surface area contributed by atoms with Gasteiger partial charge in [0.05, 0.1) is 13.5 Å². The Morgan fingerprint density at radius 1 is 0.943 bits per heavy atom. The van der Waals surface area contributed by atoms with Gasteiger partial charge in [0.25, 0.3) is 0 Å². The van der Waals surface area contributed by atoms with E-state index in [4.69, 9.17) is 16.3 Å². The third-order valence-electron chi connectivity index (χ3n) is 6.00. The number of benzene rings is 3. The quantitative estimate of drug-likeness (QED) is 0.387. The van der Waals surface area contributed by atoms with Gasteiger partial charge in [-0.1, -0.05) is 73.1 Å². The maximum Gasteiger partial charge on any atom is 0.243 e. The fourth-order valence-electron chi connectivity index (χ4n) is 3.89. The Hall–Kier alpha value is -3.31. The highest BCUT2D eigenvalue weighted by Gasteiger charge is 2.31. The molecule has 0 aliphatic heterocycles. The summed E-state index contributed by atoms with van der Waals surface area (Å²) in [5.41, 5.74) is 2.68. The monoisotopic (exact) mass is 492 g/mol.